The number of aromatic nitrogens is 3. The van der Waals surface area contributed by atoms with Crippen LogP contribution in [0.5, 0.6) is 5.75 Å². The first kappa shape index (κ1) is 21.8. The maximum atomic E-state index is 12.8. The summed E-state index contributed by atoms with van der Waals surface area (Å²) in [5.41, 5.74) is 0.974. The third-order valence-corrected chi connectivity index (χ3v) is 6.82. The molecule has 0 radical (unpaired) electrons. The van der Waals surface area contributed by atoms with Gasteiger partial charge < -0.3 is 9.64 Å². The maximum absolute atomic E-state index is 12.8. The lowest BCUT2D eigenvalue weighted by molar-refractivity contribution is 0.415. The number of thioether (sulfide) groups is 1. The van der Waals surface area contributed by atoms with Gasteiger partial charge in [0.1, 0.15) is 5.75 Å². The first-order valence-electron chi connectivity index (χ1n) is 9.63. The van der Waals surface area contributed by atoms with E-state index in [4.69, 9.17) is 4.74 Å². The number of hydrogen-bond acceptors (Lipinski definition) is 8. The monoisotopic (exact) mass is 472 g/mol. The zero-order valence-corrected chi connectivity index (χ0v) is 18.8. The molecule has 4 rings (SSSR count). The van der Waals surface area contributed by atoms with E-state index in [9.17, 15) is 18.5 Å². The van der Waals surface area contributed by atoms with Crippen LogP contribution in [0.3, 0.4) is 0 Å². The Balaban J connectivity index is 1.62. The minimum absolute atomic E-state index is 0.122. The standard InChI is InChI=1S/C20H20N6O4S2/c1-30-17-4-2-15(3-5-17)6-11-32(28,29)23-16-12-22-19-18(24-7-9-31-10-8-24)20(27)26(14-21)25(19)13-16/h2-6,11-13,23H,7-10H2,1H3/b11-6+. The molecule has 1 aliphatic heterocycles. The Kier molecular flexibility index (Phi) is 6.11. The van der Waals surface area contributed by atoms with Gasteiger partial charge in [-0.3, -0.25) is 9.52 Å². The first-order chi connectivity index (χ1) is 15.4. The Morgan fingerprint density at radius 2 is 1.97 bits per heavy atom. The van der Waals surface area contributed by atoms with E-state index in [1.807, 2.05) is 11.1 Å². The number of nitrogens with zero attached hydrogens (tertiary/aromatic N) is 5. The van der Waals surface area contributed by atoms with E-state index >= 15 is 0 Å². The van der Waals surface area contributed by atoms with Crippen molar-refractivity contribution in [3.63, 3.8) is 0 Å². The van der Waals surface area contributed by atoms with E-state index in [2.05, 4.69) is 9.71 Å². The molecule has 1 aromatic carbocycles. The Morgan fingerprint density at radius 1 is 1.25 bits per heavy atom. The highest BCUT2D eigenvalue weighted by molar-refractivity contribution is 7.99. The zero-order chi connectivity index (χ0) is 22.7. The van der Waals surface area contributed by atoms with Crippen LogP contribution in [-0.4, -0.2) is 54.3 Å². The quantitative estimate of drug-likeness (QED) is 0.576. The lowest BCUT2D eigenvalue weighted by Crippen LogP contribution is -2.35. The molecule has 0 atom stereocenters. The predicted molar refractivity (Wildman–Crippen MR) is 125 cm³/mol. The molecule has 1 saturated heterocycles. The van der Waals surface area contributed by atoms with Crippen LogP contribution in [-0.2, 0) is 10.0 Å². The number of rotatable bonds is 6. The minimum Gasteiger partial charge on any atom is -0.497 e. The lowest BCUT2D eigenvalue weighted by atomic mass is 10.2. The van der Waals surface area contributed by atoms with Crippen LogP contribution in [0.15, 0.2) is 46.9 Å². The van der Waals surface area contributed by atoms with Gasteiger partial charge in [0, 0.05) is 24.6 Å². The number of hydrogen-bond donors (Lipinski definition) is 1. The maximum Gasteiger partial charge on any atom is 0.306 e. The number of methoxy groups -OCH3 is 1. The number of nitriles is 1. The molecule has 1 N–H and O–H groups in total. The van der Waals surface area contributed by atoms with Crippen molar-refractivity contribution in [2.45, 2.75) is 0 Å². The van der Waals surface area contributed by atoms with Crippen LogP contribution < -0.4 is 19.9 Å². The van der Waals surface area contributed by atoms with Gasteiger partial charge in [-0.1, -0.05) is 12.1 Å². The third-order valence-electron chi connectivity index (χ3n) is 4.86. The summed E-state index contributed by atoms with van der Waals surface area (Å²) >= 11 is 1.80. The fourth-order valence-corrected chi connectivity index (χ4v) is 5.06. The molecule has 0 unspecified atom stereocenters. The van der Waals surface area contributed by atoms with Crippen molar-refractivity contribution < 1.29 is 13.2 Å². The number of nitrogens with one attached hydrogen (secondary N) is 1. The second-order valence-corrected chi connectivity index (χ2v) is 9.69. The highest BCUT2D eigenvalue weighted by Crippen LogP contribution is 2.22. The summed E-state index contributed by atoms with van der Waals surface area (Å²) in [6.45, 7) is 1.36. The zero-order valence-electron chi connectivity index (χ0n) is 17.1. The average molecular weight is 473 g/mol. The molecule has 0 amide bonds. The summed E-state index contributed by atoms with van der Waals surface area (Å²) in [5.74, 6) is 2.42. The highest BCUT2D eigenvalue weighted by atomic mass is 32.2. The Labute approximate surface area is 188 Å². The Hall–Kier alpha value is -3.43. The lowest BCUT2D eigenvalue weighted by Gasteiger charge is -2.26. The van der Waals surface area contributed by atoms with Crippen LogP contribution >= 0.6 is 11.8 Å². The van der Waals surface area contributed by atoms with E-state index in [1.165, 1.54) is 23.0 Å². The van der Waals surface area contributed by atoms with Gasteiger partial charge in [0.15, 0.2) is 11.3 Å². The van der Waals surface area contributed by atoms with Crippen molar-refractivity contribution in [1.29, 1.82) is 5.26 Å². The van der Waals surface area contributed by atoms with Crippen molar-refractivity contribution in [2.24, 2.45) is 0 Å². The van der Waals surface area contributed by atoms with Gasteiger partial charge in [-0.05, 0) is 23.8 Å². The predicted octanol–water partition coefficient (Wildman–Crippen LogP) is 1.80. The van der Waals surface area contributed by atoms with Gasteiger partial charge >= 0.3 is 5.56 Å². The normalized spacial score (nSPS) is 14.6. The van der Waals surface area contributed by atoms with Gasteiger partial charge in [-0.25, -0.2) is 17.9 Å². The SMILES string of the molecule is COc1ccc(/C=C/S(=O)(=O)Nc2cnc3c(N4CCSCC4)c(=O)n(C#N)n3c2)cc1. The van der Waals surface area contributed by atoms with E-state index in [1.54, 1.807) is 43.1 Å². The second-order valence-electron chi connectivity index (χ2n) is 6.90. The number of benzene rings is 1. The molecule has 3 heterocycles. The molecule has 32 heavy (non-hydrogen) atoms. The van der Waals surface area contributed by atoms with Crippen molar-refractivity contribution in [2.75, 3.05) is 41.3 Å². The van der Waals surface area contributed by atoms with E-state index in [0.29, 0.717) is 35.7 Å². The van der Waals surface area contributed by atoms with Crippen molar-refractivity contribution in [3.8, 4) is 11.9 Å². The van der Waals surface area contributed by atoms with E-state index in [-0.39, 0.29) is 5.69 Å². The summed E-state index contributed by atoms with van der Waals surface area (Å²) in [4.78, 5) is 19.0. The second kappa shape index (κ2) is 8.97. The largest absolute Gasteiger partial charge is 0.497 e. The van der Waals surface area contributed by atoms with Crippen molar-refractivity contribution in [3.05, 3.63) is 58.0 Å². The first-order valence-corrected chi connectivity index (χ1v) is 12.3. The molecule has 0 bridgehead atoms. The summed E-state index contributed by atoms with van der Waals surface area (Å²) in [6, 6.07) is 6.90. The van der Waals surface area contributed by atoms with Gasteiger partial charge in [0.05, 0.1) is 30.6 Å². The number of anilines is 2. The topological polar surface area (TPSA) is 122 Å². The van der Waals surface area contributed by atoms with E-state index < -0.39 is 15.6 Å². The Bertz CT molecular complexity index is 1360. The molecule has 3 aromatic rings. The molecule has 12 heteroatoms. The average Bonchev–Trinajstić information content (AvgIpc) is 3.08. The fraction of sp³-hybridized carbons (Fsp3) is 0.250. The molecular weight excluding hydrogens is 452 g/mol. The molecular formula is C20H20N6O4S2. The highest BCUT2D eigenvalue weighted by Gasteiger charge is 2.23. The Morgan fingerprint density at radius 3 is 2.62 bits per heavy atom. The van der Waals surface area contributed by atoms with Gasteiger partial charge in [0.25, 0.3) is 10.0 Å². The molecule has 2 aromatic heterocycles. The van der Waals surface area contributed by atoms with Crippen molar-refractivity contribution in [1.82, 2.24) is 14.2 Å². The summed E-state index contributed by atoms with van der Waals surface area (Å²) in [6.07, 6.45) is 5.98. The van der Waals surface area contributed by atoms with Crippen LogP contribution in [0.2, 0.25) is 0 Å². The third kappa shape index (κ3) is 4.44. The van der Waals surface area contributed by atoms with Gasteiger partial charge in [-0.2, -0.15) is 17.0 Å². The van der Waals surface area contributed by atoms with Crippen LogP contribution in [0, 0.1) is 11.5 Å². The fourth-order valence-electron chi connectivity index (χ4n) is 3.32. The molecule has 1 fully saturated rings. The number of ether oxygens (including phenoxy) is 1. The van der Waals surface area contributed by atoms with Crippen molar-refractivity contribution >= 4 is 44.9 Å². The molecule has 0 spiro atoms. The number of fused-ring (bicyclic) bond motifs is 1. The molecule has 166 valence electrons. The molecule has 1 aliphatic rings. The number of sulfonamides is 1. The van der Waals surface area contributed by atoms with Crippen LogP contribution in [0.1, 0.15) is 5.56 Å². The van der Waals surface area contributed by atoms with E-state index in [0.717, 1.165) is 21.6 Å². The smallest absolute Gasteiger partial charge is 0.306 e. The summed E-state index contributed by atoms with van der Waals surface area (Å²) < 4.78 is 34.6. The molecule has 0 aliphatic carbocycles. The van der Waals surface area contributed by atoms with Gasteiger partial charge in [0.2, 0.25) is 6.19 Å². The van der Waals surface area contributed by atoms with Crippen LogP contribution in [0.4, 0.5) is 11.4 Å². The minimum atomic E-state index is -3.86. The summed E-state index contributed by atoms with van der Waals surface area (Å²) in [7, 11) is -2.31. The van der Waals surface area contributed by atoms with Crippen LogP contribution in [0.25, 0.3) is 11.7 Å². The molecule has 0 saturated carbocycles. The summed E-state index contributed by atoms with van der Waals surface area (Å²) in [5, 5.41) is 10.5. The molecule has 10 nitrogen and oxygen atoms in total. The van der Waals surface area contributed by atoms with Gasteiger partial charge in [-0.15, -0.1) is 4.68 Å².